The van der Waals surface area contributed by atoms with E-state index in [1.54, 1.807) is 0 Å². The summed E-state index contributed by atoms with van der Waals surface area (Å²) in [5, 5.41) is 3.46. The highest BCUT2D eigenvalue weighted by atomic mass is 16.5. The van der Waals surface area contributed by atoms with Gasteiger partial charge in [-0.25, -0.2) is 0 Å². The zero-order chi connectivity index (χ0) is 15.1. The molecule has 0 radical (unpaired) electrons. The Morgan fingerprint density at radius 3 is 2.43 bits per heavy atom. The van der Waals surface area contributed by atoms with Crippen molar-refractivity contribution in [1.82, 2.24) is 10.2 Å². The van der Waals surface area contributed by atoms with E-state index in [1.807, 2.05) is 6.92 Å². The van der Waals surface area contributed by atoms with Gasteiger partial charge in [-0.05, 0) is 57.0 Å². The Morgan fingerprint density at radius 1 is 1.24 bits per heavy atom. The summed E-state index contributed by atoms with van der Waals surface area (Å²) in [4.78, 5) is 2.58. The summed E-state index contributed by atoms with van der Waals surface area (Å²) >= 11 is 0. The number of hydrogen-bond acceptors (Lipinski definition) is 3. The van der Waals surface area contributed by atoms with Gasteiger partial charge in [0, 0.05) is 19.1 Å². The topological polar surface area (TPSA) is 24.5 Å². The third kappa shape index (κ3) is 4.72. The summed E-state index contributed by atoms with van der Waals surface area (Å²) in [5.74, 6) is 1.89. The highest BCUT2D eigenvalue weighted by molar-refractivity contribution is 5.29. The molecule has 3 nitrogen and oxygen atoms in total. The van der Waals surface area contributed by atoms with Crippen LogP contribution < -0.4 is 10.1 Å². The Morgan fingerprint density at radius 2 is 1.95 bits per heavy atom. The van der Waals surface area contributed by atoms with E-state index in [0.717, 1.165) is 31.4 Å². The molecule has 1 aliphatic rings. The van der Waals surface area contributed by atoms with Gasteiger partial charge in [-0.2, -0.15) is 0 Å². The highest BCUT2D eigenvalue weighted by Gasteiger charge is 2.22. The number of nitrogens with one attached hydrogen (secondary N) is 1. The molecule has 0 spiro atoms. The molecule has 2 rings (SSSR count). The Balaban J connectivity index is 1.93. The first kappa shape index (κ1) is 16.3. The van der Waals surface area contributed by atoms with Crippen LogP contribution >= 0.6 is 0 Å². The second-order valence-electron chi connectivity index (χ2n) is 5.99. The minimum atomic E-state index is 0.390. The number of likely N-dealkylation sites (N-methyl/N-ethyl adjacent to an activating group) is 2. The molecule has 1 saturated carbocycles. The van der Waals surface area contributed by atoms with Gasteiger partial charge in [-0.1, -0.05) is 25.5 Å². The van der Waals surface area contributed by atoms with Crippen LogP contribution in [0.15, 0.2) is 24.3 Å². The number of benzene rings is 1. The van der Waals surface area contributed by atoms with Crippen LogP contribution in [0, 0.1) is 5.92 Å². The monoisotopic (exact) mass is 290 g/mol. The van der Waals surface area contributed by atoms with Crippen molar-refractivity contribution in [3.63, 3.8) is 0 Å². The largest absolute Gasteiger partial charge is 0.494 e. The average Bonchev–Trinajstić information content (AvgIpc) is 2.47. The number of nitrogens with zero attached hydrogens (tertiary/aromatic N) is 1. The fourth-order valence-corrected chi connectivity index (χ4v) is 2.96. The summed E-state index contributed by atoms with van der Waals surface area (Å²) in [5.41, 5.74) is 1.34. The molecule has 1 aliphatic carbocycles. The Hall–Kier alpha value is -1.06. The second kappa shape index (κ2) is 8.40. The molecule has 1 aromatic carbocycles. The van der Waals surface area contributed by atoms with E-state index in [2.05, 4.69) is 48.5 Å². The lowest BCUT2D eigenvalue weighted by atomic mass is 9.85. The second-order valence-corrected chi connectivity index (χ2v) is 5.99. The van der Waals surface area contributed by atoms with Crippen LogP contribution in [0.4, 0.5) is 0 Å². The van der Waals surface area contributed by atoms with Crippen LogP contribution in [0.2, 0.25) is 0 Å². The summed E-state index contributed by atoms with van der Waals surface area (Å²) in [6.45, 7) is 8.47. The quantitative estimate of drug-likeness (QED) is 0.753. The highest BCUT2D eigenvalue weighted by Crippen LogP contribution is 2.28. The maximum Gasteiger partial charge on any atom is 0.119 e. The van der Waals surface area contributed by atoms with E-state index in [9.17, 15) is 0 Å². The van der Waals surface area contributed by atoms with Crippen molar-refractivity contribution in [2.24, 2.45) is 5.92 Å². The zero-order valence-electron chi connectivity index (χ0n) is 13.8. The van der Waals surface area contributed by atoms with Gasteiger partial charge in [-0.3, -0.25) is 0 Å². The SMILES string of the molecule is CCOc1ccc(C(CN(CC)CC2CCC2)NC)cc1. The number of ether oxygens (including phenoxy) is 1. The minimum Gasteiger partial charge on any atom is -0.494 e. The van der Waals surface area contributed by atoms with Gasteiger partial charge in [0.2, 0.25) is 0 Å². The average molecular weight is 290 g/mol. The minimum absolute atomic E-state index is 0.390. The molecular weight excluding hydrogens is 260 g/mol. The molecule has 0 saturated heterocycles. The van der Waals surface area contributed by atoms with Crippen LogP contribution in [0.5, 0.6) is 5.75 Å². The molecule has 21 heavy (non-hydrogen) atoms. The van der Waals surface area contributed by atoms with Crippen LogP contribution in [0.1, 0.15) is 44.7 Å². The van der Waals surface area contributed by atoms with Crippen LogP contribution in [0.25, 0.3) is 0 Å². The fraction of sp³-hybridized carbons (Fsp3) is 0.667. The predicted octanol–water partition coefficient (Wildman–Crippen LogP) is 3.47. The summed E-state index contributed by atoms with van der Waals surface area (Å²) in [7, 11) is 2.05. The van der Waals surface area contributed by atoms with Gasteiger partial charge < -0.3 is 15.0 Å². The van der Waals surface area contributed by atoms with Crippen molar-refractivity contribution < 1.29 is 4.74 Å². The van der Waals surface area contributed by atoms with Gasteiger partial charge in [0.15, 0.2) is 0 Å². The standard InChI is InChI=1S/C18H30N2O/c1-4-20(13-15-7-6-8-15)14-18(19-3)16-9-11-17(12-10-16)21-5-2/h9-12,15,18-19H,4-8,13-14H2,1-3H3. The summed E-state index contributed by atoms with van der Waals surface area (Å²) in [6.07, 6.45) is 4.27. The van der Waals surface area contributed by atoms with Crippen molar-refractivity contribution in [2.75, 3.05) is 33.3 Å². The molecule has 1 N–H and O–H groups in total. The van der Waals surface area contributed by atoms with Crippen molar-refractivity contribution in [1.29, 1.82) is 0 Å². The van der Waals surface area contributed by atoms with E-state index in [4.69, 9.17) is 4.74 Å². The lowest BCUT2D eigenvalue weighted by molar-refractivity contribution is 0.172. The molecular formula is C18H30N2O. The Kier molecular flexibility index (Phi) is 6.52. The van der Waals surface area contributed by atoms with E-state index >= 15 is 0 Å². The molecule has 0 aliphatic heterocycles. The molecule has 1 unspecified atom stereocenters. The van der Waals surface area contributed by atoms with Crippen LogP contribution in [0.3, 0.4) is 0 Å². The number of hydrogen-bond donors (Lipinski definition) is 1. The van der Waals surface area contributed by atoms with Crippen molar-refractivity contribution in [2.45, 2.75) is 39.2 Å². The first-order valence-electron chi connectivity index (χ1n) is 8.39. The molecule has 118 valence electrons. The number of rotatable bonds is 9. The Labute approximate surface area is 129 Å². The van der Waals surface area contributed by atoms with E-state index < -0.39 is 0 Å². The van der Waals surface area contributed by atoms with Gasteiger partial charge in [-0.15, -0.1) is 0 Å². The molecule has 0 bridgehead atoms. The lowest BCUT2D eigenvalue weighted by Crippen LogP contribution is -2.38. The van der Waals surface area contributed by atoms with Gasteiger partial charge in [0.1, 0.15) is 5.75 Å². The van der Waals surface area contributed by atoms with Crippen molar-refractivity contribution >= 4 is 0 Å². The third-order valence-electron chi connectivity index (χ3n) is 4.57. The maximum atomic E-state index is 5.52. The van der Waals surface area contributed by atoms with E-state index in [0.29, 0.717) is 6.04 Å². The van der Waals surface area contributed by atoms with Crippen LogP contribution in [-0.4, -0.2) is 38.2 Å². The van der Waals surface area contributed by atoms with Gasteiger partial charge in [0.05, 0.1) is 6.61 Å². The molecule has 1 fully saturated rings. The molecule has 0 amide bonds. The van der Waals surface area contributed by atoms with E-state index in [1.165, 1.54) is 31.4 Å². The maximum absolute atomic E-state index is 5.52. The molecule has 3 heteroatoms. The molecule has 0 heterocycles. The van der Waals surface area contributed by atoms with Gasteiger partial charge >= 0.3 is 0 Å². The first-order valence-corrected chi connectivity index (χ1v) is 8.39. The van der Waals surface area contributed by atoms with Crippen molar-refractivity contribution in [3.8, 4) is 5.75 Å². The molecule has 1 atom stereocenters. The fourth-order valence-electron chi connectivity index (χ4n) is 2.96. The first-order chi connectivity index (χ1) is 10.3. The summed E-state index contributed by atoms with van der Waals surface area (Å²) < 4.78 is 5.52. The predicted molar refractivity (Wildman–Crippen MR) is 88.9 cm³/mol. The zero-order valence-corrected chi connectivity index (χ0v) is 13.8. The lowest BCUT2D eigenvalue weighted by Gasteiger charge is -2.33. The Bertz CT molecular complexity index is 400. The molecule has 1 aromatic rings. The van der Waals surface area contributed by atoms with Crippen LogP contribution in [-0.2, 0) is 0 Å². The van der Waals surface area contributed by atoms with E-state index in [-0.39, 0.29) is 0 Å². The van der Waals surface area contributed by atoms with Crippen molar-refractivity contribution in [3.05, 3.63) is 29.8 Å². The van der Waals surface area contributed by atoms with Gasteiger partial charge in [0.25, 0.3) is 0 Å². The smallest absolute Gasteiger partial charge is 0.119 e. The summed E-state index contributed by atoms with van der Waals surface area (Å²) in [6, 6.07) is 8.91. The third-order valence-corrected chi connectivity index (χ3v) is 4.57. The molecule has 0 aromatic heterocycles. The normalized spacial score (nSPS) is 16.8.